The lowest BCUT2D eigenvalue weighted by atomic mass is 10.1. The first-order valence-corrected chi connectivity index (χ1v) is 10.5. The number of piperazine rings is 1. The average molecular weight is 440 g/mol. The minimum Gasteiger partial charge on any atom is -0.493 e. The molecule has 2 aromatic rings. The van der Waals surface area contributed by atoms with Crippen LogP contribution in [-0.2, 0) is 25.5 Å². The number of benzene rings is 2. The second-order valence-corrected chi connectivity index (χ2v) is 7.50. The number of hydrogen-bond donors (Lipinski definition) is 1. The molecule has 32 heavy (non-hydrogen) atoms. The summed E-state index contributed by atoms with van der Waals surface area (Å²) >= 11 is 0. The van der Waals surface area contributed by atoms with Gasteiger partial charge in [0.05, 0.1) is 20.1 Å². The maximum absolute atomic E-state index is 12.8. The minimum atomic E-state index is -0.927. The Kier molecular flexibility index (Phi) is 8.08. The molecule has 8 nitrogen and oxygen atoms in total. The Morgan fingerprint density at radius 2 is 1.91 bits per heavy atom. The van der Waals surface area contributed by atoms with Gasteiger partial charge in [-0.2, -0.15) is 0 Å². The van der Waals surface area contributed by atoms with Crippen molar-refractivity contribution >= 4 is 17.8 Å². The number of esters is 1. The van der Waals surface area contributed by atoms with E-state index in [1.165, 1.54) is 12.0 Å². The molecule has 0 spiro atoms. The fourth-order valence-electron chi connectivity index (χ4n) is 3.48. The molecule has 1 N–H and O–H groups in total. The molecule has 2 amide bonds. The van der Waals surface area contributed by atoms with Crippen LogP contribution in [0.2, 0.25) is 0 Å². The van der Waals surface area contributed by atoms with Crippen LogP contribution in [0.25, 0.3) is 0 Å². The number of methoxy groups -OCH3 is 1. The normalized spacial score (nSPS) is 15.6. The highest BCUT2D eigenvalue weighted by molar-refractivity contribution is 5.92. The Labute approximate surface area is 187 Å². The van der Waals surface area contributed by atoms with Crippen LogP contribution in [0.15, 0.2) is 48.5 Å². The van der Waals surface area contributed by atoms with E-state index in [9.17, 15) is 14.4 Å². The molecular weight excluding hydrogens is 412 g/mol. The Balaban J connectivity index is 1.55. The van der Waals surface area contributed by atoms with E-state index in [-0.39, 0.29) is 31.4 Å². The lowest BCUT2D eigenvalue weighted by Gasteiger charge is -2.34. The van der Waals surface area contributed by atoms with Gasteiger partial charge in [-0.25, -0.2) is 0 Å². The van der Waals surface area contributed by atoms with E-state index in [4.69, 9.17) is 14.2 Å². The Bertz CT molecular complexity index is 947. The predicted molar refractivity (Wildman–Crippen MR) is 117 cm³/mol. The summed E-state index contributed by atoms with van der Waals surface area (Å²) in [6.45, 7) is 2.47. The van der Waals surface area contributed by atoms with Gasteiger partial charge in [0.1, 0.15) is 6.04 Å². The molecule has 1 aliphatic rings. The summed E-state index contributed by atoms with van der Waals surface area (Å²) in [7, 11) is 1.53. The average Bonchev–Trinajstić information content (AvgIpc) is 2.80. The maximum atomic E-state index is 12.8. The molecule has 2 aromatic carbocycles. The van der Waals surface area contributed by atoms with Crippen molar-refractivity contribution in [2.24, 2.45) is 0 Å². The molecule has 0 saturated carbocycles. The zero-order valence-corrected chi connectivity index (χ0v) is 18.3. The largest absolute Gasteiger partial charge is 0.493 e. The van der Waals surface area contributed by atoms with Crippen molar-refractivity contribution in [2.75, 3.05) is 33.4 Å². The van der Waals surface area contributed by atoms with Crippen molar-refractivity contribution in [1.29, 1.82) is 0 Å². The molecule has 1 saturated heterocycles. The summed E-state index contributed by atoms with van der Waals surface area (Å²) in [5.74, 6) is -0.332. The van der Waals surface area contributed by atoms with E-state index in [0.29, 0.717) is 31.0 Å². The van der Waals surface area contributed by atoms with Gasteiger partial charge in [0.2, 0.25) is 5.91 Å². The minimum absolute atomic E-state index is 0.208. The van der Waals surface area contributed by atoms with Crippen molar-refractivity contribution in [3.63, 3.8) is 0 Å². The van der Waals surface area contributed by atoms with E-state index in [2.05, 4.69) is 5.32 Å². The number of aryl methyl sites for hydroxylation is 1. The summed E-state index contributed by atoms with van der Waals surface area (Å²) in [5.41, 5.74) is 2.05. The van der Waals surface area contributed by atoms with E-state index >= 15 is 0 Å². The monoisotopic (exact) mass is 440 g/mol. The number of hydrogen-bond acceptors (Lipinski definition) is 6. The molecule has 0 radical (unpaired) electrons. The third kappa shape index (κ3) is 6.23. The Morgan fingerprint density at radius 1 is 1.12 bits per heavy atom. The third-order valence-corrected chi connectivity index (χ3v) is 5.18. The maximum Gasteiger partial charge on any atom is 0.308 e. The smallest absolute Gasteiger partial charge is 0.308 e. The highest BCUT2D eigenvalue weighted by atomic mass is 16.5. The van der Waals surface area contributed by atoms with Gasteiger partial charge in [0, 0.05) is 19.5 Å². The molecule has 1 unspecified atom stereocenters. The number of nitrogens with zero attached hydrogens (tertiary/aromatic N) is 1. The Morgan fingerprint density at radius 3 is 2.66 bits per heavy atom. The fourth-order valence-corrected chi connectivity index (χ4v) is 3.48. The van der Waals surface area contributed by atoms with Crippen molar-refractivity contribution in [3.8, 4) is 11.5 Å². The zero-order valence-electron chi connectivity index (χ0n) is 18.3. The van der Waals surface area contributed by atoms with Crippen LogP contribution in [0.5, 0.6) is 11.5 Å². The van der Waals surface area contributed by atoms with Crippen molar-refractivity contribution in [1.82, 2.24) is 10.2 Å². The first kappa shape index (κ1) is 23.1. The van der Waals surface area contributed by atoms with Gasteiger partial charge in [-0.15, -0.1) is 0 Å². The summed E-state index contributed by atoms with van der Waals surface area (Å²) in [6.07, 6.45) is 0.374. The van der Waals surface area contributed by atoms with Gasteiger partial charge in [-0.3, -0.25) is 14.4 Å². The summed E-state index contributed by atoms with van der Waals surface area (Å²) < 4.78 is 16.2. The van der Waals surface area contributed by atoms with Crippen LogP contribution in [0.1, 0.15) is 17.5 Å². The number of carbonyl (C=O) groups is 3. The standard InChI is InChI=1S/C24H28N2O6/c1-17-8-9-20(21(14-17)30-2)32-16-22(27)26-12-11-25-24(29)19(26)15-23(28)31-13-10-18-6-4-3-5-7-18/h3-9,14,19H,10-13,15-16H2,1-2H3,(H,25,29). The molecule has 0 bridgehead atoms. The van der Waals surface area contributed by atoms with Gasteiger partial charge in [-0.05, 0) is 30.2 Å². The lowest BCUT2D eigenvalue weighted by molar-refractivity contribution is -0.152. The SMILES string of the molecule is COc1cc(C)ccc1OCC(=O)N1CCNC(=O)C1CC(=O)OCCc1ccccc1. The highest BCUT2D eigenvalue weighted by Crippen LogP contribution is 2.27. The molecule has 1 aliphatic heterocycles. The molecule has 0 aliphatic carbocycles. The number of nitrogens with one attached hydrogen (secondary N) is 1. The molecule has 1 fully saturated rings. The van der Waals surface area contributed by atoms with E-state index in [0.717, 1.165) is 11.1 Å². The van der Waals surface area contributed by atoms with E-state index < -0.39 is 12.0 Å². The van der Waals surface area contributed by atoms with E-state index in [1.54, 1.807) is 6.07 Å². The zero-order chi connectivity index (χ0) is 22.9. The fraction of sp³-hybridized carbons (Fsp3) is 0.375. The first-order valence-electron chi connectivity index (χ1n) is 10.5. The second-order valence-electron chi connectivity index (χ2n) is 7.50. The molecule has 1 atom stereocenters. The number of amides is 2. The quantitative estimate of drug-likeness (QED) is 0.599. The number of carbonyl (C=O) groups excluding carboxylic acids is 3. The third-order valence-electron chi connectivity index (χ3n) is 5.18. The topological polar surface area (TPSA) is 94.2 Å². The summed E-state index contributed by atoms with van der Waals surface area (Å²) in [4.78, 5) is 38.9. The van der Waals surface area contributed by atoms with Gasteiger partial charge in [0.15, 0.2) is 18.1 Å². The first-order chi connectivity index (χ1) is 15.5. The van der Waals surface area contributed by atoms with Gasteiger partial charge in [-0.1, -0.05) is 36.4 Å². The van der Waals surface area contributed by atoms with Gasteiger partial charge < -0.3 is 24.4 Å². The summed E-state index contributed by atoms with van der Waals surface area (Å²) in [5, 5.41) is 2.70. The van der Waals surface area contributed by atoms with E-state index in [1.807, 2.05) is 49.4 Å². The Hall–Kier alpha value is -3.55. The van der Waals surface area contributed by atoms with Crippen LogP contribution in [0.4, 0.5) is 0 Å². The molecule has 0 aromatic heterocycles. The molecule has 1 heterocycles. The number of ether oxygens (including phenoxy) is 3. The predicted octanol–water partition coefficient (Wildman–Crippen LogP) is 1.89. The molecule has 170 valence electrons. The lowest BCUT2D eigenvalue weighted by Crippen LogP contribution is -2.58. The van der Waals surface area contributed by atoms with Crippen molar-refractivity contribution in [2.45, 2.75) is 25.8 Å². The molecule has 3 rings (SSSR count). The molecular formula is C24H28N2O6. The van der Waals surface area contributed by atoms with Crippen LogP contribution in [0.3, 0.4) is 0 Å². The highest BCUT2D eigenvalue weighted by Gasteiger charge is 2.35. The van der Waals surface area contributed by atoms with Gasteiger partial charge in [0.25, 0.3) is 5.91 Å². The van der Waals surface area contributed by atoms with Crippen molar-refractivity contribution in [3.05, 3.63) is 59.7 Å². The number of rotatable bonds is 9. The molecule has 8 heteroatoms. The van der Waals surface area contributed by atoms with Crippen molar-refractivity contribution < 1.29 is 28.6 Å². The van der Waals surface area contributed by atoms with Crippen LogP contribution in [-0.4, -0.2) is 62.1 Å². The van der Waals surface area contributed by atoms with Crippen LogP contribution in [0, 0.1) is 6.92 Å². The summed E-state index contributed by atoms with van der Waals surface area (Å²) in [6, 6.07) is 14.1. The van der Waals surface area contributed by atoms with Gasteiger partial charge >= 0.3 is 5.97 Å². The second kappa shape index (κ2) is 11.2. The van der Waals surface area contributed by atoms with Crippen LogP contribution < -0.4 is 14.8 Å². The van der Waals surface area contributed by atoms with Crippen LogP contribution >= 0.6 is 0 Å².